The number of nitrogens with one attached hydrogen (secondary N) is 1. The van der Waals surface area contributed by atoms with Gasteiger partial charge in [0.2, 0.25) is 0 Å². The van der Waals surface area contributed by atoms with Crippen LogP contribution in [0.1, 0.15) is 16.7 Å². The van der Waals surface area contributed by atoms with Crippen LogP contribution in [0.2, 0.25) is 10.0 Å². The molecule has 0 fully saturated rings. The Balaban J connectivity index is 2.34. The summed E-state index contributed by atoms with van der Waals surface area (Å²) in [5.41, 5.74) is 1.72. The molecule has 0 saturated heterocycles. The fraction of sp³-hybridized carbons (Fsp3) is 0.250. The van der Waals surface area contributed by atoms with E-state index in [9.17, 15) is 9.18 Å². The van der Waals surface area contributed by atoms with Gasteiger partial charge in [-0.25, -0.2) is 4.39 Å². The second-order valence-electron chi connectivity index (χ2n) is 5.84. The predicted molar refractivity (Wildman–Crippen MR) is 114 cm³/mol. The minimum atomic E-state index is -0.586. The molecule has 2 aromatic rings. The molecule has 0 aliphatic rings. The number of benzene rings is 2. The van der Waals surface area contributed by atoms with E-state index in [1.165, 1.54) is 33.4 Å². The van der Waals surface area contributed by atoms with E-state index in [2.05, 4.69) is 15.6 Å². The lowest BCUT2D eigenvalue weighted by Gasteiger charge is -2.12. The molecule has 0 unspecified atom stereocenters. The van der Waals surface area contributed by atoms with Crippen LogP contribution in [-0.4, -0.2) is 45.2 Å². The summed E-state index contributed by atoms with van der Waals surface area (Å²) >= 11 is 12.0. The minimum Gasteiger partial charge on any atom is -0.398 e. The largest absolute Gasteiger partial charge is 0.398 e. The van der Waals surface area contributed by atoms with Gasteiger partial charge in [0.15, 0.2) is 5.71 Å². The molecule has 0 spiro atoms. The van der Waals surface area contributed by atoms with Gasteiger partial charge in [0.25, 0.3) is 5.91 Å². The molecular weight excluding hydrogens is 436 g/mol. The highest BCUT2D eigenvalue weighted by atomic mass is 35.5. The number of hydrogen-bond donors (Lipinski definition) is 1. The predicted octanol–water partition coefficient (Wildman–Crippen LogP) is 3.80. The molecule has 30 heavy (non-hydrogen) atoms. The SMILES string of the molecule is CNC(=O)/C(=N/OC)c1cccc(Cl)c1CO/N=C(\COC)c1ccc(Cl)c(F)c1. The van der Waals surface area contributed by atoms with Crippen LogP contribution in [0.4, 0.5) is 4.39 Å². The molecule has 0 aromatic heterocycles. The molecule has 1 N–H and O–H groups in total. The first kappa shape index (κ1) is 23.6. The van der Waals surface area contributed by atoms with Crippen LogP contribution in [0, 0.1) is 5.82 Å². The van der Waals surface area contributed by atoms with Crippen molar-refractivity contribution in [2.75, 3.05) is 27.9 Å². The van der Waals surface area contributed by atoms with Gasteiger partial charge < -0.3 is 19.7 Å². The number of carbonyl (C=O) groups excluding carboxylic acids is 1. The average Bonchev–Trinajstić information content (AvgIpc) is 2.74. The molecule has 0 heterocycles. The molecule has 2 rings (SSSR count). The van der Waals surface area contributed by atoms with Crippen LogP contribution in [-0.2, 0) is 25.8 Å². The second kappa shape index (κ2) is 11.5. The van der Waals surface area contributed by atoms with E-state index in [0.717, 1.165) is 0 Å². The molecule has 0 aliphatic heterocycles. The monoisotopic (exact) mass is 455 g/mol. The third kappa shape index (κ3) is 5.91. The van der Waals surface area contributed by atoms with E-state index in [4.69, 9.17) is 37.6 Å². The van der Waals surface area contributed by atoms with E-state index in [1.54, 1.807) is 24.3 Å². The Kier molecular flexibility index (Phi) is 9.04. The molecule has 2 aromatic carbocycles. The molecule has 1 amide bonds. The van der Waals surface area contributed by atoms with Gasteiger partial charge in [-0.05, 0) is 18.2 Å². The van der Waals surface area contributed by atoms with Gasteiger partial charge in [-0.15, -0.1) is 0 Å². The number of hydrogen-bond acceptors (Lipinski definition) is 6. The fourth-order valence-corrected chi connectivity index (χ4v) is 2.85. The topological polar surface area (TPSA) is 81.5 Å². The molecule has 160 valence electrons. The lowest BCUT2D eigenvalue weighted by Crippen LogP contribution is -2.29. The summed E-state index contributed by atoms with van der Waals surface area (Å²) < 4.78 is 18.9. The Hall–Kier alpha value is -2.68. The van der Waals surface area contributed by atoms with Crippen LogP contribution < -0.4 is 5.32 Å². The fourth-order valence-electron chi connectivity index (χ4n) is 2.50. The number of carbonyl (C=O) groups is 1. The molecular formula is C20H20Cl2FN3O4. The van der Waals surface area contributed by atoms with E-state index in [0.29, 0.717) is 27.4 Å². The summed E-state index contributed by atoms with van der Waals surface area (Å²) in [7, 11) is 4.28. The lowest BCUT2D eigenvalue weighted by atomic mass is 10.0. The molecule has 0 radical (unpaired) electrons. The van der Waals surface area contributed by atoms with Crippen LogP contribution in [0.15, 0.2) is 46.7 Å². The number of methoxy groups -OCH3 is 1. The number of rotatable bonds is 9. The van der Waals surface area contributed by atoms with E-state index < -0.39 is 11.7 Å². The number of ether oxygens (including phenoxy) is 1. The first-order chi connectivity index (χ1) is 14.4. The molecule has 0 bridgehead atoms. The van der Waals surface area contributed by atoms with Crippen LogP contribution in [0.3, 0.4) is 0 Å². The Morgan fingerprint density at radius 2 is 1.90 bits per heavy atom. The van der Waals surface area contributed by atoms with E-state index >= 15 is 0 Å². The Bertz CT molecular complexity index is 967. The maximum Gasteiger partial charge on any atom is 0.273 e. The van der Waals surface area contributed by atoms with Gasteiger partial charge >= 0.3 is 0 Å². The maximum absolute atomic E-state index is 13.8. The summed E-state index contributed by atoms with van der Waals surface area (Å²) in [6, 6.07) is 9.23. The van der Waals surface area contributed by atoms with Gasteiger partial charge in [-0.3, -0.25) is 4.79 Å². The smallest absolute Gasteiger partial charge is 0.273 e. The molecule has 7 nitrogen and oxygen atoms in total. The van der Waals surface area contributed by atoms with Crippen molar-refractivity contribution in [1.29, 1.82) is 0 Å². The van der Waals surface area contributed by atoms with Crippen molar-refractivity contribution in [3.05, 3.63) is 69.0 Å². The van der Waals surface area contributed by atoms with Gasteiger partial charge in [0, 0.05) is 35.9 Å². The number of amides is 1. The number of oxime groups is 2. The molecule has 0 atom stereocenters. The number of nitrogens with zero attached hydrogens (tertiary/aromatic N) is 2. The highest BCUT2D eigenvalue weighted by Crippen LogP contribution is 2.23. The quantitative estimate of drug-likeness (QED) is 0.460. The van der Waals surface area contributed by atoms with Crippen molar-refractivity contribution in [3.8, 4) is 0 Å². The summed E-state index contributed by atoms with van der Waals surface area (Å²) in [4.78, 5) is 22.4. The maximum atomic E-state index is 13.8. The highest BCUT2D eigenvalue weighted by molar-refractivity contribution is 6.46. The van der Waals surface area contributed by atoms with Gasteiger partial charge in [-0.1, -0.05) is 51.7 Å². The van der Waals surface area contributed by atoms with Crippen LogP contribution in [0.25, 0.3) is 0 Å². The Morgan fingerprint density at radius 1 is 1.13 bits per heavy atom. The number of halogens is 3. The lowest BCUT2D eigenvalue weighted by molar-refractivity contribution is -0.114. The Labute approximate surface area is 183 Å². The minimum absolute atomic E-state index is 0.00342. The average molecular weight is 456 g/mol. The van der Waals surface area contributed by atoms with Gasteiger partial charge in [0.1, 0.15) is 25.2 Å². The molecule has 10 heteroatoms. The summed E-state index contributed by atoms with van der Waals surface area (Å²) in [6.45, 7) is -0.0108. The van der Waals surface area contributed by atoms with E-state index in [-0.39, 0.29) is 23.9 Å². The first-order valence-electron chi connectivity index (χ1n) is 8.67. The molecule has 0 aliphatic carbocycles. The number of likely N-dealkylation sites (N-methyl/N-ethyl adjacent to an activating group) is 1. The van der Waals surface area contributed by atoms with E-state index in [1.807, 2.05) is 0 Å². The zero-order valence-electron chi connectivity index (χ0n) is 16.5. The van der Waals surface area contributed by atoms with Crippen LogP contribution >= 0.6 is 23.2 Å². The second-order valence-corrected chi connectivity index (χ2v) is 6.66. The normalized spacial score (nSPS) is 11.9. The van der Waals surface area contributed by atoms with Crippen molar-refractivity contribution < 1.29 is 23.6 Å². The molecule has 0 saturated carbocycles. The third-order valence-corrected chi connectivity index (χ3v) is 4.58. The Morgan fingerprint density at radius 3 is 2.53 bits per heavy atom. The zero-order valence-corrected chi connectivity index (χ0v) is 18.1. The summed E-state index contributed by atoms with van der Waals surface area (Å²) in [6.07, 6.45) is 0. The van der Waals surface area contributed by atoms with Crippen molar-refractivity contribution in [2.24, 2.45) is 10.3 Å². The standard InChI is InChI=1S/C20H20Cl2FN3O4/c1-24-20(27)19(26-29-3)13-5-4-6-15(21)14(13)10-30-25-18(11-28-2)12-7-8-16(22)17(23)9-12/h4-9H,10-11H2,1-3H3,(H,24,27)/b25-18+,26-19+. The zero-order chi connectivity index (χ0) is 22.1. The van der Waals surface area contributed by atoms with Crippen molar-refractivity contribution in [1.82, 2.24) is 5.32 Å². The van der Waals surface area contributed by atoms with Crippen molar-refractivity contribution in [3.63, 3.8) is 0 Å². The van der Waals surface area contributed by atoms with Gasteiger partial charge in [-0.2, -0.15) is 0 Å². The summed E-state index contributed by atoms with van der Waals surface area (Å²) in [5.74, 6) is -1.04. The highest BCUT2D eigenvalue weighted by Gasteiger charge is 2.20. The first-order valence-corrected chi connectivity index (χ1v) is 9.42. The third-order valence-electron chi connectivity index (χ3n) is 3.92. The summed E-state index contributed by atoms with van der Waals surface area (Å²) in [5, 5.41) is 10.7. The van der Waals surface area contributed by atoms with Crippen LogP contribution in [0.5, 0.6) is 0 Å². The van der Waals surface area contributed by atoms with Gasteiger partial charge in [0.05, 0.1) is 11.6 Å². The van der Waals surface area contributed by atoms with Crippen molar-refractivity contribution >= 4 is 40.5 Å². The van der Waals surface area contributed by atoms with Crippen molar-refractivity contribution in [2.45, 2.75) is 6.61 Å².